The second-order valence-electron chi connectivity index (χ2n) is 5.11. The van der Waals surface area contributed by atoms with Crippen LogP contribution in [0.1, 0.15) is 18.4 Å². The third-order valence-corrected chi connectivity index (χ3v) is 3.52. The average Bonchev–Trinajstić information content (AvgIpc) is 2.53. The fraction of sp³-hybridized carbons (Fsp3) is 0.600. The summed E-state index contributed by atoms with van der Waals surface area (Å²) < 4.78 is 10.4. The first kappa shape index (κ1) is 15.7. The molecule has 0 aliphatic carbocycles. The van der Waals surface area contributed by atoms with Crippen molar-refractivity contribution in [2.75, 3.05) is 33.5 Å². The van der Waals surface area contributed by atoms with Crippen molar-refractivity contribution in [1.29, 1.82) is 0 Å². The van der Waals surface area contributed by atoms with Crippen molar-refractivity contribution in [2.24, 2.45) is 0 Å². The summed E-state index contributed by atoms with van der Waals surface area (Å²) in [6.45, 7) is 3.07. The van der Waals surface area contributed by atoms with Gasteiger partial charge in [-0.25, -0.2) is 4.79 Å². The highest BCUT2D eigenvalue weighted by atomic mass is 16.5. The zero-order valence-electron chi connectivity index (χ0n) is 12.5. The van der Waals surface area contributed by atoms with E-state index >= 15 is 0 Å². The van der Waals surface area contributed by atoms with E-state index in [1.807, 2.05) is 12.1 Å². The molecule has 1 aromatic rings. The van der Waals surface area contributed by atoms with E-state index in [0.717, 1.165) is 18.4 Å². The number of carbonyl (C=O) groups is 1. The number of urea groups is 1. The molecule has 0 aromatic carbocycles. The lowest BCUT2D eigenvalue weighted by Gasteiger charge is -2.28. The fourth-order valence-electron chi connectivity index (χ4n) is 2.27. The Morgan fingerprint density at radius 2 is 2.14 bits per heavy atom. The highest BCUT2D eigenvalue weighted by Crippen LogP contribution is 2.09. The van der Waals surface area contributed by atoms with E-state index in [0.29, 0.717) is 32.9 Å². The van der Waals surface area contributed by atoms with Gasteiger partial charge in [-0.1, -0.05) is 0 Å². The lowest BCUT2D eigenvalue weighted by Crippen LogP contribution is -2.47. The maximum Gasteiger partial charge on any atom is 0.317 e. The van der Waals surface area contributed by atoms with Crippen molar-refractivity contribution in [3.63, 3.8) is 0 Å². The van der Waals surface area contributed by atoms with Crippen LogP contribution < -0.4 is 5.32 Å². The summed E-state index contributed by atoms with van der Waals surface area (Å²) >= 11 is 0. The Bertz CT molecular complexity index is 421. The Hall–Kier alpha value is -1.66. The van der Waals surface area contributed by atoms with Crippen LogP contribution in [0.5, 0.6) is 0 Å². The van der Waals surface area contributed by atoms with Gasteiger partial charge in [0.25, 0.3) is 0 Å². The van der Waals surface area contributed by atoms with Crippen LogP contribution in [0.4, 0.5) is 4.79 Å². The lowest BCUT2D eigenvalue weighted by atomic mass is 10.1. The van der Waals surface area contributed by atoms with E-state index in [1.54, 1.807) is 24.4 Å². The van der Waals surface area contributed by atoms with Crippen LogP contribution in [0.3, 0.4) is 0 Å². The monoisotopic (exact) mass is 293 g/mol. The van der Waals surface area contributed by atoms with Gasteiger partial charge in [0.2, 0.25) is 0 Å². The molecule has 1 aromatic heterocycles. The number of hydrogen-bond acceptors (Lipinski definition) is 4. The van der Waals surface area contributed by atoms with Crippen molar-refractivity contribution in [1.82, 2.24) is 15.2 Å². The second kappa shape index (κ2) is 8.59. The van der Waals surface area contributed by atoms with Gasteiger partial charge in [0.1, 0.15) is 0 Å². The van der Waals surface area contributed by atoms with Crippen LogP contribution in [-0.4, -0.2) is 55.4 Å². The molecule has 1 fully saturated rings. The first-order valence-electron chi connectivity index (χ1n) is 7.30. The number of aromatic nitrogens is 1. The minimum Gasteiger partial charge on any atom is -0.383 e. The lowest BCUT2D eigenvalue weighted by molar-refractivity contribution is 0.0769. The number of hydrogen-bond donors (Lipinski definition) is 1. The van der Waals surface area contributed by atoms with Crippen molar-refractivity contribution in [3.8, 4) is 0 Å². The fourth-order valence-corrected chi connectivity index (χ4v) is 2.27. The van der Waals surface area contributed by atoms with Crippen molar-refractivity contribution in [3.05, 3.63) is 30.1 Å². The van der Waals surface area contributed by atoms with Crippen LogP contribution in [0.25, 0.3) is 0 Å². The smallest absolute Gasteiger partial charge is 0.317 e. The number of ether oxygens (including phenoxy) is 2. The molecule has 2 heterocycles. The van der Waals surface area contributed by atoms with Crippen LogP contribution in [-0.2, 0) is 16.0 Å². The molecule has 1 N–H and O–H groups in total. The quantitative estimate of drug-likeness (QED) is 0.861. The van der Waals surface area contributed by atoms with Gasteiger partial charge in [-0.3, -0.25) is 4.98 Å². The molecule has 0 spiro atoms. The summed E-state index contributed by atoms with van der Waals surface area (Å²) in [5.74, 6) is 0. The van der Waals surface area contributed by atoms with E-state index < -0.39 is 0 Å². The molecular weight excluding hydrogens is 270 g/mol. The van der Waals surface area contributed by atoms with Gasteiger partial charge in [0, 0.05) is 51.8 Å². The Morgan fingerprint density at radius 3 is 2.81 bits per heavy atom. The summed E-state index contributed by atoms with van der Waals surface area (Å²) in [6, 6.07) is 3.99. The molecule has 1 saturated heterocycles. The number of amides is 2. The Labute approximate surface area is 125 Å². The molecule has 2 rings (SSSR count). The summed E-state index contributed by atoms with van der Waals surface area (Å²) in [5, 5.41) is 3.08. The molecule has 1 aliphatic heterocycles. The van der Waals surface area contributed by atoms with Crippen LogP contribution in [0.2, 0.25) is 0 Å². The molecule has 21 heavy (non-hydrogen) atoms. The van der Waals surface area contributed by atoms with Gasteiger partial charge in [0.15, 0.2) is 0 Å². The maximum absolute atomic E-state index is 12.4. The highest BCUT2D eigenvalue weighted by molar-refractivity contribution is 5.74. The predicted molar refractivity (Wildman–Crippen MR) is 78.9 cm³/mol. The topological polar surface area (TPSA) is 63.7 Å². The molecule has 0 atom stereocenters. The third-order valence-electron chi connectivity index (χ3n) is 3.52. The number of nitrogens with zero attached hydrogens (tertiary/aromatic N) is 2. The van der Waals surface area contributed by atoms with Crippen molar-refractivity contribution >= 4 is 6.03 Å². The molecular formula is C15H23N3O3. The molecule has 2 amide bonds. The van der Waals surface area contributed by atoms with Crippen molar-refractivity contribution in [2.45, 2.75) is 25.4 Å². The first-order valence-corrected chi connectivity index (χ1v) is 7.30. The van der Waals surface area contributed by atoms with Crippen LogP contribution in [0, 0.1) is 0 Å². The van der Waals surface area contributed by atoms with Crippen molar-refractivity contribution < 1.29 is 14.3 Å². The second-order valence-corrected chi connectivity index (χ2v) is 5.11. The average molecular weight is 293 g/mol. The van der Waals surface area contributed by atoms with E-state index in [9.17, 15) is 4.79 Å². The largest absolute Gasteiger partial charge is 0.383 e. The van der Waals surface area contributed by atoms with E-state index in [1.165, 1.54) is 0 Å². The maximum atomic E-state index is 12.4. The predicted octanol–water partition coefficient (Wildman–Crippen LogP) is 1.42. The zero-order chi connectivity index (χ0) is 14.9. The van der Waals surface area contributed by atoms with E-state index in [2.05, 4.69) is 10.3 Å². The summed E-state index contributed by atoms with van der Waals surface area (Å²) in [6.07, 6.45) is 5.22. The standard InChI is InChI=1S/C15H23N3O3/c1-20-11-8-18(12-13-2-6-16-7-3-13)15(19)17-14-4-9-21-10-5-14/h2-3,6-7,14H,4-5,8-12H2,1H3,(H,17,19). The van der Waals surface area contributed by atoms with Gasteiger partial charge in [-0.2, -0.15) is 0 Å². The van der Waals surface area contributed by atoms with Gasteiger partial charge in [-0.15, -0.1) is 0 Å². The van der Waals surface area contributed by atoms with Gasteiger partial charge in [-0.05, 0) is 30.5 Å². The number of methoxy groups -OCH3 is 1. The van der Waals surface area contributed by atoms with E-state index in [4.69, 9.17) is 9.47 Å². The number of nitrogens with one attached hydrogen (secondary N) is 1. The third kappa shape index (κ3) is 5.32. The van der Waals surface area contributed by atoms with E-state index in [-0.39, 0.29) is 12.1 Å². The molecule has 0 saturated carbocycles. The molecule has 1 aliphatic rings. The Morgan fingerprint density at radius 1 is 1.43 bits per heavy atom. The number of carbonyl (C=O) groups excluding carboxylic acids is 1. The van der Waals surface area contributed by atoms with Gasteiger partial charge >= 0.3 is 6.03 Å². The summed E-state index contributed by atoms with van der Waals surface area (Å²) in [5.41, 5.74) is 1.06. The SMILES string of the molecule is COCCN(Cc1ccncc1)C(=O)NC1CCOCC1. The minimum atomic E-state index is -0.0456. The molecule has 116 valence electrons. The van der Waals surface area contributed by atoms with Crippen LogP contribution >= 0.6 is 0 Å². The molecule has 0 radical (unpaired) electrons. The molecule has 0 bridgehead atoms. The highest BCUT2D eigenvalue weighted by Gasteiger charge is 2.20. The van der Waals surface area contributed by atoms with Crippen LogP contribution in [0.15, 0.2) is 24.5 Å². The van der Waals surface area contributed by atoms with Gasteiger partial charge in [0.05, 0.1) is 6.61 Å². The Kier molecular flexibility index (Phi) is 6.43. The summed E-state index contributed by atoms with van der Waals surface area (Å²) in [4.78, 5) is 18.2. The van der Waals surface area contributed by atoms with Gasteiger partial charge < -0.3 is 19.7 Å². The molecule has 6 heteroatoms. The Balaban J connectivity index is 1.92. The first-order chi connectivity index (χ1) is 10.3. The number of rotatable bonds is 6. The summed E-state index contributed by atoms with van der Waals surface area (Å²) in [7, 11) is 1.64. The molecule has 0 unspecified atom stereocenters. The molecule has 6 nitrogen and oxygen atoms in total. The normalized spacial score (nSPS) is 15.7. The number of pyridine rings is 1. The minimum absolute atomic E-state index is 0.0456. The zero-order valence-corrected chi connectivity index (χ0v) is 12.5.